The predicted octanol–water partition coefficient (Wildman–Crippen LogP) is 2.68. The molecular weight excluding hydrogens is 240 g/mol. The van der Waals surface area contributed by atoms with Crippen LogP contribution in [0.15, 0.2) is 24.3 Å². The molecule has 4 heteroatoms. The van der Waals surface area contributed by atoms with E-state index in [2.05, 4.69) is 5.32 Å². The zero-order chi connectivity index (χ0) is 13.9. The van der Waals surface area contributed by atoms with Crippen molar-refractivity contribution in [3.8, 4) is 5.75 Å². The van der Waals surface area contributed by atoms with Gasteiger partial charge in [-0.1, -0.05) is 25.0 Å². The predicted molar refractivity (Wildman–Crippen MR) is 76.2 cm³/mol. The average Bonchev–Trinajstić information content (AvgIpc) is 2.79. The molecule has 1 aliphatic carbocycles. The molecule has 0 saturated heterocycles. The molecule has 4 nitrogen and oxygen atoms in total. The van der Waals surface area contributed by atoms with Gasteiger partial charge in [-0.2, -0.15) is 0 Å². The molecular formula is C15H22N2O2. The first-order valence-corrected chi connectivity index (χ1v) is 6.87. The van der Waals surface area contributed by atoms with E-state index in [1.807, 2.05) is 38.1 Å². The van der Waals surface area contributed by atoms with Gasteiger partial charge in [-0.15, -0.1) is 0 Å². The molecule has 1 aliphatic rings. The number of hydrogen-bond acceptors (Lipinski definition) is 3. The molecule has 0 aromatic heterocycles. The van der Waals surface area contributed by atoms with Crippen LogP contribution in [0.1, 0.15) is 39.5 Å². The first-order chi connectivity index (χ1) is 9.01. The molecule has 1 aromatic carbocycles. The van der Waals surface area contributed by atoms with Gasteiger partial charge in [0.1, 0.15) is 5.75 Å². The molecule has 0 heterocycles. The van der Waals surface area contributed by atoms with Crippen molar-refractivity contribution in [1.29, 1.82) is 0 Å². The molecule has 104 valence electrons. The van der Waals surface area contributed by atoms with Gasteiger partial charge in [0, 0.05) is 0 Å². The van der Waals surface area contributed by atoms with E-state index in [-0.39, 0.29) is 12.0 Å². The summed E-state index contributed by atoms with van der Waals surface area (Å²) in [5.74, 6) is 0.581. The SMILES string of the molecule is CC(C)Oc1ccccc1NC(=O)C1(N)CCCC1. The van der Waals surface area contributed by atoms with Crippen molar-refractivity contribution in [3.63, 3.8) is 0 Å². The zero-order valence-electron chi connectivity index (χ0n) is 11.6. The monoisotopic (exact) mass is 262 g/mol. The fourth-order valence-electron chi connectivity index (χ4n) is 2.41. The normalized spacial score (nSPS) is 17.5. The standard InChI is InChI=1S/C15H22N2O2/c1-11(2)19-13-8-4-3-7-12(13)17-14(18)15(16)9-5-6-10-15/h3-4,7-8,11H,5-6,9-10,16H2,1-2H3,(H,17,18). The second-order valence-corrected chi connectivity index (χ2v) is 5.48. The molecule has 0 bridgehead atoms. The molecule has 2 rings (SSSR count). The molecule has 1 amide bonds. The Kier molecular flexibility index (Phi) is 4.10. The molecule has 1 aromatic rings. The van der Waals surface area contributed by atoms with Gasteiger partial charge in [0.2, 0.25) is 5.91 Å². The number of rotatable bonds is 4. The Morgan fingerprint density at radius 2 is 1.95 bits per heavy atom. The first kappa shape index (κ1) is 13.9. The van der Waals surface area contributed by atoms with Crippen molar-refractivity contribution < 1.29 is 9.53 Å². The maximum atomic E-state index is 12.3. The lowest BCUT2D eigenvalue weighted by Gasteiger charge is -2.23. The van der Waals surface area contributed by atoms with Gasteiger partial charge in [-0.25, -0.2) is 0 Å². The molecule has 1 fully saturated rings. The second-order valence-electron chi connectivity index (χ2n) is 5.48. The minimum atomic E-state index is -0.717. The van der Waals surface area contributed by atoms with Crippen molar-refractivity contribution in [2.24, 2.45) is 5.73 Å². The minimum absolute atomic E-state index is 0.0661. The smallest absolute Gasteiger partial charge is 0.244 e. The largest absolute Gasteiger partial charge is 0.489 e. The van der Waals surface area contributed by atoms with E-state index < -0.39 is 5.54 Å². The van der Waals surface area contributed by atoms with Crippen LogP contribution in [0.2, 0.25) is 0 Å². The third-order valence-electron chi connectivity index (χ3n) is 3.45. The van der Waals surface area contributed by atoms with Crippen molar-refractivity contribution in [3.05, 3.63) is 24.3 Å². The highest BCUT2D eigenvalue weighted by molar-refractivity contribution is 5.99. The summed E-state index contributed by atoms with van der Waals surface area (Å²) in [6, 6.07) is 7.46. The van der Waals surface area contributed by atoms with E-state index in [4.69, 9.17) is 10.5 Å². The molecule has 0 spiro atoms. The van der Waals surface area contributed by atoms with Gasteiger partial charge in [0.05, 0.1) is 17.3 Å². The number of para-hydroxylation sites is 2. The number of carbonyl (C=O) groups is 1. The lowest BCUT2D eigenvalue weighted by atomic mass is 9.98. The molecule has 19 heavy (non-hydrogen) atoms. The quantitative estimate of drug-likeness (QED) is 0.876. The molecule has 1 saturated carbocycles. The Labute approximate surface area is 114 Å². The summed E-state index contributed by atoms with van der Waals surface area (Å²) in [5, 5.41) is 2.91. The van der Waals surface area contributed by atoms with Crippen molar-refractivity contribution in [2.45, 2.75) is 51.2 Å². The fraction of sp³-hybridized carbons (Fsp3) is 0.533. The van der Waals surface area contributed by atoms with E-state index in [9.17, 15) is 4.79 Å². The lowest BCUT2D eigenvalue weighted by molar-refractivity contribution is -0.121. The summed E-state index contributed by atoms with van der Waals surface area (Å²) in [6.07, 6.45) is 3.62. The van der Waals surface area contributed by atoms with Crippen LogP contribution in [-0.4, -0.2) is 17.6 Å². The van der Waals surface area contributed by atoms with Gasteiger partial charge in [0.15, 0.2) is 0 Å². The Morgan fingerprint density at radius 1 is 1.32 bits per heavy atom. The van der Waals surface area contributed by atoms with Crippen molar-refractivity contribution in [2.75, 3.05) is 5.32 Å². The lowest BCUT2D eigenvalue weighted by Crippen LogP contribution is -2.48. The van der Waals surface area contributed by atoms with E-state index in [1.54, 1.807) is 0 Å². The van der Waals surface area contributed by atoms with Crippen LogP contribution < -0.4 is 15.8 Å². The molecule has 0 unspecified atom stereocenters. The summed E-state index contributed by atoms with van der Waals surface area (Å²) < 4.78 is 5.69. The third-order valence-corrected chi connectivity index (χ3v) is 3.45. The highest BCUT2D eigenvalue weighted by atomic mass is 16.5. The van der Waals surface area contributed by atoms with Crippen LogP contribution in [0.4, 0.5) is 5.69 Å². The Hall–Kier alpha value is -1.55. The van der Waals surface area contributed by atoms with Crippen molar-refractivity contribution >= 4 is 11.6 Å². The Morgan fingerprint density at radius 3 is 2.58 bits per heavy atom. The number of hydrogen-bond donors (Lipinski definition) is 2. The third kappa shape index (κ3) is 3.26. The summed E-state index contributed by atoms with van der Waals surface area (Å²) >= 11 is 0. The topological polar surface area (TPSA) is 64.3 Å². The van der Waals surface area contributed by atoms with Crippen LogP contribution in [-0.2, 0) is 4.79 Å². The van der Waals surface area contributed by atoms with Gasteiger partial charge >= 0.3 is 0 Å². The maximum absolute atomic E-state index is 12.3. The fourth-order valence-corrected chi connectivity index (χ4v) is 2.41. The van der Waals surface area contributed by atoms with Crippen LogP contribution in [0, 0.1) is 0 Å². The number of anilines is 1. The molecule has 3 N–H and O–H groups in total. The number of nitrogens with two attached hydrogens (primary N) is 1. The number of nitrogens with one attached hydrogen (secondary N) is 1. The highest BCUT2D eigenvalue weighted by Crippen LogP contribution is 2.30. The Balaban J connectivity index is 2.12. The number of carbonyl (C=O) groups excluding carboxylic acids is 1. The van der Waals surface area contributed by atoms with Gasteiger partial charge in [0.25, 0.3) is 0 Å². The molecule has 0 aliphatic heterocycles. The van der Waals surface area contributed by atoms with Crippen LogP contribution >= 0.6 is 0 Å². The van der Waals surface area contributed by atoms with Crippen LogP contribution in [0.5, 0.6) is 5.75 Å². The zero-order valence-corrected chi connectivity index (χ0v) is 11.6. The number of ether oxygens (including phenoxy) is 1. The van der Waals surface area contributed by atoms with Gasteiger partial charge in [-0.05, 0) is 38.8 Å². The second kappa shape index (κ2) is 5.61. The van der Waals surface area contributed by atoms with Gasteiger partial charge < -0.3 is 15.8 Å². The van der Waals surface area contributed by atoms with Crippen molar-refractivity contribution in [1.82, 2.24) is 0 Å². The van der Waals surface area contributed by atoms with E-state index >= 15 is 0 Å². The van der Waals surface area contributed by atoms with Crippen LogP contribution in [0.3, 0.4) is 0 Å². The number of benzene rings is 1. The van der Waals surface area contributed by atoms with E-state index in [1.165, 1.54) is 0 Å². The first-order valence-electron chi connectivity index (χ1n) is 6.87. The van der Waals surface area contributed by atoms with E-state index in [0.717, 1.165) is 25.7 Å². The summed E-state index contributed by atoms with van der Waals surface area (Å²) in [7, 11) is 0. The summed E-state index contributed by atoms with van der Waals surface area (Å²) in [5.41, 5.74) is 6.12. The minimum Gasteiger partial charge on any atom is -0.489 e. The Bertz CT molecular complexity index is 451. The summed E-state index contributed by atoms with van der Waals surface area (Å²) in [6.45, 7) is 3.92. The van der Waals surface area contributed by atoms with Gasteiger partial charge in [-0.3, -0.25) is 4.79 Å². The molecule has 0 radical (unpaired) electrons. The summed E-state index contributed by atoms with van der Waals surface area (Å²) in [4.78, 5) is 12.3. The average molecular weight is 262 g/mol. The molecule has 0 atom stereocenters. The highest BCUT2D eigenvalue weighted by Gasteiger charge is 2.37. The van der Waals surface area contributed by atoms with Crippen LogP contribution in [0.25, 0.3) is 0 Å². The number of amides is 1. The maximum Gasteiger partial charge on any atom is 0.244 e. The van der Waals surface area contributed by atoms with E-state index in [0.29, 0.717) is 11.4 Å².